The average molecular weight is 498 g/mol. The normalized spacial score (nSPS) is 29.2. The fourth-order valence-electron chi connectivity index (χ4n) is 4.31. The molecule has 3 atom stereocenters. The summed E-state index contributed by atoms with van der Waals surface area (Å²) in [7, 11) is 3.88. The second kappa shape index (κ2) is 14.1. The predicted molar refractivity (Wildman–Crippen MR) is 144 cm³/mol. The van der Waals surface area contributed by atoms with Gasteiger partial charge in [-0.3, -0.25) is 14.4 Å². The standard InChI is InChI=1S/C29H43N3O4/c1-19-10-8-7-9-11-21(3)29(36)31-24-18-26(34)27(30-14-15-32(5)6)23(28(24)35)17-20(2)12-13-25(33)22(4)16-19/h7,9,11,16,18,20,22,25,30,33H,8,10,12-15,17H2,1-6H3,(H,31,36)/b9-7-,19-16+,21-11+. The van der Waals surface area contributed by atoms with Crippen molar-refractivity contribution in [1.82, 2.24) is 15.5 Å². The molecule has 1 aliphatic heterocycles. The number of likely N-dealkylation sites (N-methyl/N-ethyl adjacent to an activating group) is 1. The van der Waals surface area contributed by atoms with Gasteiger partial charge in [-0.25, -0.2) is 0 Å². The average Bonchev–Trinajstić information content (AvgIpc) is 2.81. The maximum Gasteiger partial charge on any atom is 0.251 e. The van der Waals surface area contributed by atoms with Crippen molar-refractivity contribution in [1.29, 1.82) is 0 Å². The third-order valence-corrected chi connectivity index (χ3v) is 6.66. The van der Waals surface area contributed by atoms with E-state index in [9.17, 15) is 19.5 Å². The van der Waals surface area contributed by atoms with Gasteiger partial charge in [0, 0.05) is 36.2 Å². The van der Waals surface area contributed by atoms with E-state index in [2.05, 4.69) is 23.6 Å². The van der Waals surface area contributed by atoms with Gasteiger partial charge in [-0.15, -0.1) is 0 Å². The van der Waals surface area contributed by atoms with Crippen LogP contribution in [0.5, 0.6) is 0 Å². The Labute approximate surface area is 216 Å². The van der Waals surface area contributed by atoms with Crippen molar-refractivity contribution in [2.24, 2.45) is 11.8 Å². The molecule has 2 aliphatic rings. The first-order valence-electron chi connectivity index (χ1n) is 12.9. The number of aliphatic hydroxyl groups is 1. The number of allylic oxidation sites excluding steroid dienone is 6. The number of nitrogens with one attached hydrogen (secondary N) is 2. The van der Waals surface area contributed by atoms with E-state index in [-0.39, 0.29) is 29.1 Å². The van der Waals surface area contributed by atoms with Crippen LogP contribution < -0.4 is 10.6 Å². The minimum absolute atomic E-state index is 0.00786. The van der Waals surface area contributed by atoms with Crippen molar-refractivity contribution in [3.8, 4) is 0 Å². The second-order valence-electron chi connectivity index (χ2n) is 10.4. The van der Waals surface area contributed by atoms with Crippen LogP contribution in [0.2, 0.25) is 0 Å². The van der Waals surface area contributed by atoms with Crippen molar-refractivity contribution >= 4 is 17.5 Å². The number of carbonyl (C=O) groups excluding carboxylic acids is 3. The molecule has 0 spiro atoms. The Morgan fingerprint density at radius 2 is 1.86 bits per heavy atom. The second-order valence-corrected chi connectivity index (χ2v) is 10.4. The summed E-state index contributed by atoms with van der Waals surface area (Å²) in [5, 5.41) is 16.5. The summed E-state index contributed by atoms with van der Waals surface area (Å²) in [6, 6.07) is 0. The molecule has 2 rings (SSSR count). The number of carbonyl (C=O) groups is 3. The summed E-state index contributed by atoms with van der Waals surface area (Å²) in [6.45, 7) is 9.03. The first-order chi connectivity index (χ1) is 17.0. The highest BCUT2D eigenvalue weighted by molar-refractivity contribution is 6.23. The summed E-state index contributed by atoms with van der Waals surface area (Å²) in [4.78, 5) is 41.2. The highest BCUT2D eigenvalue weighted by atomic mass is 16.3. The van der Waals surface area contributed by atoms with Gasteiger partial charge in [0.05, 0.1) is 17.5 Å². The summed E-state index contributed by atoms with van der Waals surface area (Å²) in [5.74, 6) is -0.961. The lowest BCUT2D eigenvalue weighted by molar-refractivity contribution is -0.120. The molecule has 1 heterocycles. The Hall–Kier alpha value is -2.77. The molecule has 3 N–H and O–H groups in total. The van der Waals surface area contributed by atoms with Gasteiger partial charge in [0.25, 0.3) is 5.91 Å². The zero-order valence-corrected chi connectivity index (χ0v) is 22.7. The van der Waals surface area contributed by atoms with Gasteiger partial charge >= 0.3 is 0 Å². The fraction of sp³-hybridized carbons (Fsp3) is 0.552. The van der Waals surface area contributed by atoms with E-state index in [1.54, 1.807) is 13.0 Å². The molecule has 0 saturated heterocycles. The lowest BCUT2D eigenvalue weighted by Crippen LogP contribution is -2.37. The zero-order valence-electron chi connectivity index (χ0n) is 22.7. The van der Waals surface area contributed by atoms with E-state index in [4.69, 9.17) is 0 Å². The lowest BCUT2D eigenvalue weighted by atomic mass is 9.86. The minimum Gasteiger partial charge on any atom is -0.393 e. The topological polar surface area (TPSA) is 98.7 Å². The molecule has 7 heteroatoms. The molecule has 0 aromatic heterocycles. The lowest BCUT2D eigenvalue weighted by Gasteiger charge is -2.24. The van der Waals surface area contributed by atoms with Crippen LogP contribution >= 0.6 is 0 Å². The van der Waals surface area contributed by atoms with Crippen molar-refractivity contribution in [3.05, 3.63) is 58.5 Å². The molecule has 0 aromatic carbocycles. The quantitative estimate of drug-likeness (QED) is 0.406. The molecular weight excluding hydrogens is 454 g/mol. The number of aliphatic hydroxyl groups excluding tert-OH is 1. The fourth-order valence-corrected chi connectivity index (χ4v) is 4.31. The molecular formula is C29H43N3O4. The smallest absolute Gasteiger partial charge is 0.251 e. The molecule has 36 heavy (non-hydrogen) atoms. The van der Waals surface area contributed by atoms with Crippen molar-refractivity contribution in [3.63, 3.8) is 0 Å². The van der Waals surface area contributed by atoms with Gasteiger partial charge in [0.1, 0.15) is 0 Å². The third-order valence-electron chi connectivity index (χ3n) is 6.66. The zero-order chi connectivity index (χ0) is 26.8. The highest BCUT2D eigenvalue weighted by Crippen LogP contribution is 2.27. The van der Waals surface area contributed by atoms with Gasteiger partial charge in [-0.05, 0) is 66.0 Å². The van der Waals surface area contributed by atoms with Gasteiger partial charge in [-0.1, -0.05) is 43.7 Å². The number of fused-ring (bicyclic) bond motifs is 2. The van der Waals surface area contributed by atoms with Crippen LogP contribution in [0.3, 0.4) is 0 Å². The van der Waals surface area contributed by atoms with Crippen molar-refractivity contribution in [2.75, 3.05) is 27.2 Å². The van der Waals surface area contributed by atoms with Crippen LogP contribution in [0, 0.1) is 11.8 Å². The highest BCUT2D eigenvalue weighted by Gasteiger charge is 2.30. The van der Waals surface area contributed by atoms with Crippen molar-refractivity contribution < 1.29 is 19.5 Å². The van der Waals surface area contributed by atoms with E-state index in [0.29, 0.717) is 49.2 Å². The van der Waals surface area contributed by atoms with E-state index < -0.39 is 12.0 Å². The molecule has 3 unspecified atom stereocenters. The van der Waals surface area contributed by atoms with Crippen LogP contribution in [0.15, 0.2) is 58.5 Å². The minimum atomic E-state index is -0.476. The monoisotopic (exact) mass is 497 g/mol. The van der Waals surface area contributed by atoms with Gasteiger partial charge in [-0.2, -0.15) is 0 Å². The molecule has 0 fully saturated rings. The SMILES string of the molecule is C/C1=C\C(C)C(O)CCC(C)CC2=C(NCCN(C)C)C(=O)C=C(NC(=O)/C(C)=C/C=C\CC1)C2=O. The van der Waals surface area contributed by atoms with Gasteiger partial charge < -0.3 is 20.6 Å². The Kier molecular flexibility index (Phi) is 11.5. The van der Waals surface area contributed by atoms with E-state index in [1.807, 2.05) is 45.0 Å². The number of amides is 1. The van der Waals surface area contributed by atoms with E-state index in [0.717, 1.165) is 12.8 Å². The molecule has 0 aromatic rings. The first-order valence-corrected chi connectivity index (χ1v) is 12.9. The molecule has 0 saturated carbocycles. The third kappa shape index (κ3) is 9.03. The van der Waals surface area contributed by atoms with Crippen LogP contribution in [0.25, 0.3) is 0 Å². The van der Waals surface area contributed by atoms with Gasteiger partial charge in [0.2, 0.25) is 11.6 Å². The number of ketones is 2. The molecule has 2 bridgehead atoms. The van der Waals surface area contributed by atoms with E-state index in [1.165, 1.54) is 11.6 Å². The maximum absolute atomic E-state index is 13.4. The Balaban J connectivity index is 2.37. The van der Waals surface area contributed by atoms with E-state index >= 15 is 0 Å². The summed E-state index contributed by atoms with van der Waals surface area (Å²) >= 11 is 0. The number of hydrogen-bond acceptors (Lipinski definition) is 6. The predicted octanol–water partition coefficient (Wildman–Crippen LogP) is 3.59. The van der Waals surface area contributed by atoms with Crippen molar-refractivity contribution in [2.45, 2.75) is 65.9 Å². The largest absolute Gasteiger partial charge is 0.393 e. The number of nitrogens with zero attached hydrogens (tertiary/aromatic N) is 1. The van der Waals surface area contributed by atoms with Gasteiger partial charge in [0.15, 0.2) is 0 Å². The number of hydrogen-bond donors (Lipinski definition) is 3. The van der Waals surface area contributed by atoms with Crippen LogP contribution in [0.1, 0.15) is 59.8 Å². The van der Waals surface area contributed by atoms with Crippen LogP contribution in [-0.4, -0.2) is 60.8 Å². The molecule has 7 nitrogen and oxygen atoms in total. The Bertz CT molecular complexity index is 984. The molecule has 1 amide bonds. The summed E-state index contributed by atoms with van der Waals surface area (Å²) in [5.41, 5.74) is 2.37. The number of rotatable bonds is 4. The molecule has 1 aliphatic carbocycles. The van der Waals surface area contributed by atoms with Crippen LogP contribution in [-0.2, 0) is 14.4 Å². The molecule has 0 radical (unpaired) electrons. The number of Topliss-reactive ketones (excluding diaryl/α,β-unsaturated/α-hetero) is 1. The first kappa shape index (κ1) is 29.5. The Morgan fingerprint density at radius 1 is 1.14 bits per heavy atom. The molecule has 198 valence electrons. The summed E-state index contributed by atoms with van der Waals surface area (Å²) in [6.07, 6.45) is 11.8. The maximum atomic E-state index is 13.4. The Morgan fingerprint density at radius 3 is 2.56 bits per heavy atom. The summed E-state index contributed by atoms with van der Waals surface area (Å²) < 4.78 is 0. The van der Waals surface area contributed by atoms with Crippen LogP contribution in [0.4, 0.5) is 0 Å².